The van der Waals surface area contributed by atoms with Crippen molar-refractivity contribution in [3.05, 3.63) is 23.5 Å². The van der Waals surface area contributed by atoms with Crippen LogP contribution >= 0.6 is 0 Å². The highest BCUT2D eigenvalue weighted by Crippen LogP contribution is 2.21. The molecule has 0 amide bonds. The number of hydrogen-bond donors (Lipinski definition) is 1. The molecule has 1 N–H and O–H groups in total. The summed E-state index contributed by atoms with van der Waals surface area (Å²) < 4.78 is 7.59. The van der Waals surface area contributed by atoms with Crippen molar-refractivity contribution < 1.29 is 4.74 Å². The zero-order valence-electron chi connectivity index (χ0n) is 11.5. The van der Waals surface area contributed by atoms with Gasteiger partial charge in [-0.15, -0.1) is 0 Å². The molecule has 1 heterocycles. The predicted molar refractivity (Wildman–Crippen MR) is 70.5 cm³/mol. The minimum Gasteiger partial charge on any atom is -0.485 e. The van der Waals surface area contributed by atoms with Crippen LogP contribution in [-0.2, 0) is 7.05 Å². The molecular formula is C13H23N3O. The Kier molecular flexibility index (Phi) is 4.75. The molecule has 4 heteroatoms. The second kappa shape index (κ2) is 5.87. The van der Waals surface area contributed by atoms with Gasteiger partial charge in [0.15, 0.2) is 5.75 Å². The zero-order chi connectivity index (χ0) is 13.0. The van der Waals surface area contributed by atoms with Gasteiger partial charge in [-0.1, -0.05) is 20.4 Å². The molecule has 0 atom stereocenters. The number of nitrogens with zero attached hydrogens (tertiary/aromatic N) is 2. The minimum atomic E-state index is 0.466. The summed E-state index contributed by atoms with van der Waals surface area (Å²) in [6.07, 6.45) is 0. The number of nitrogens with one attached hydrogen (secondary N) is 1. The van der Waals surface area contributed by atoms with E-state index in [1.54, 1.807) is 0 Å². The lowest BCUT2D eigenvalue weighted by Crippen LogP contribution is -2.26. The first-order valence-corrected chi connectivity index (χ1v) is 5.94. The lowest BCUT2D eigenvalue weighted by molar-refractivity contribution is 0.342. The molecule has 0 aliphatic carbocycles. The van der Waals surface area contributed by atoms with Crippen LogP contribution in [-0.4, -0.2) is 29.0 Å². The molecule has 17 heavy (non-hydrogen) atoms. The first-order valence-electron chi connectivity index (χ1n) is 5.94. The third kappa shape index (κ3) is 3.89. The summed E-state index contributed by atoms with van der Waals surface area (Å²) in [5, 5.41) is 7.62. The van der Waals surface area contributed by atoms with E-state index in [4.69, 9.17) is 4.74 Å². The SMILES string of the molecule is C=C(CNC(C)C)COc1c(C)nn(C)c1C. The maximum absolute atomic E-state index is 5.76. The van der Waals surface area contributed by atoms with Crippen molar-refractivity contribution in [2.24, 2.45) is 7.05 Å². The van der Waals surface area contributed by atoms with Crippen molar-refractivity contribution in [1.29, 1.82) is 0 Å². The second-order valence-electron chi connectivity index (χ2n) is 4.70. The molecule has 0 aromatic carbocycles. The van der Waals surface area contributed by atoms with Crippen LogP contribution in [0.25, 0.3) is 0 Å². The molecule has 1 aromatic rings. The van der Waals surface area contributed by atoms with Crippen molar-refractivity contribution in [2.75, 3.05) is 13.2 Å². The van der Waals surface area contributed by atoms with Crippen LogP contribution in [0.15, 0.2) is 12.2 Å². The highest BCUT2D eigenvalue weighted by molar-refractivity contribution is 5.32. The average molecular weight is 237 g/mol. The highest BCUT2D eigenvalue weighted by Gasteiger charge is 2.10. The van der Waals surface area contributed by atoms with Gasteiger partial charge in [-0.25, -0.2) is 0 Å². The van der Waals surface area contributed by atoms with E-state index in [1.165, 1.54) is 0 Å². The number of ether oxygens (including phenoxy) is 1. The summed E-state index contributed by atoms with van der Waals surface area (Å²) >= 11 is 0. The molecule has 0 radical (unpaired) electrons. The van der Waals surface area contributed by atoms with E-state index in [9.17, 15) is 0 Å². The Bertz CT molecular complexity index is 394. The molecule has 1 rings (SSSR count). The van der Waals surface area contributed by atoms with E-state index >= 15 is 0 Å². The number of aryl methyl sites for hydroxylation is 2. The molecule has 0 saturated heterocycles. The number of rotatable bonds is 6. The fourth-order valence-electron chi connectivity index (χ4n) is 1.54. The van der Waals surface area contributed by atoms with Crippen molar-refractivity contribution in [3.63, 3.8) is 0 Å². The normalized spacial score (nSPS) is 10.9. The van der Waals surface area contributed by atoms with Crippen LogP contribution in [0.5, 0.6) is 5.75 Å². The number of hydrogen-bond acceptors (Lipinski definition) is 3. The standard InChI is InChI=1S/C13H23N3O/c1-9(2)14-7-10(3)8-17-13-11(4)15-16(6)12(13)5/h9,14H,3,7-8H2,1-2,4-6H3. The third-order valence-electron chi connectivity index (χ3n) is 2.62. The molecule has 0 spiro atoms. The maximum atomic E-state index is 5.76. The first kappa shape index (κ1) is 13.8. The lowest BCUT2D eigenvalue weighted by Gasteiger charge is -2.12. The molecular weight excluding hydrogens is 214 g/mol. The molecule has 0 fully saturated rings. The molecule has 0 saturated carbocycles. The third-order valence-corrected chi connectivity index (χ3v) is 2.62. The highest BCUT2D eigenvalue weighted by atomic mass is 16.5. The summed E-state index contributed by atoms with van der Waals surface area (Å²) in [5.41, 5.74) is 3.02. The van der Waals surface area contributed by atoms with E-state index in [-0.39, 0.29) is 0 Å². The summed E-state index contributed by atoms with van der Waals surface area (Å²) in [7, 11) is 1.92. The van der Waals surface area contributed by atoms with E-state index in [2.05, 4.69) is 30.8 Å². The first-order chi connectivity index (χ1) is 7.91. The van der Waals surface area contributed by atoms with Crippen LogP contribution in [0.4, 0.5) is 0 Å². The monoisotopic (exact) mass is 237 g/mol. The molecule has 1 aromatic heterocycles. The topological polar surface area (TPSA) is 39.1 Å². The molecule has 0 aliphatic rings. The molecule has 0 unspecified atom stereocenters. The number of aromatic nitrogens is 2. The van der Waals surface area contributed by atoms with Crippen LogP contribution in [0.3, 0.4) is 0 Å². The fraction of sp³-hybridized carbons (Fsp3) is 0.615. The lowest BCUT2D eigenvalue weighted by atomic mass is 10.3. The van der Waals surface area contributed by atoms with Crippen LogP contribution < -0.4 is 10.1 Å². The summed E-state index contributed by atoms with van der Waals surface area (Å²) in [6, 6.07) is 0.466. The fourth-order valence-corrected chi connectivity index (χ4v) is 1.54. The Labute approximate surface area is 104 Å². The van der Waals surface area contributed by atoms with Gasteiger partial charge in [0.1, 0.15) is 12.3 Å². The smallest absolute Gasteiger partial charge is 0.163 e. The Morgan fingerprint density at radius 3 is 2.59 bits per heavy atom. The predicted octanol–water partition coefficient (Wildman–Crippen LogP) is 1.97. The Morgan fingerprint density at radius 2 is 2.12 bits per heavy atom. The van der Waals surface area contributed by atoms with Crippen LogP contribution in [0, 0.1) is 13.8 Å². The van der Waals surface area contributed by atoms with Gasteiger partial charge in [0, 0.05) is 19.6 Å². The van der Waals surface area contributed by atoms with Gasteiger partial charge < -0.3 is 10.1 Å². The largest absolute Gasteiger partial charge is 0.485 e. The molecule has 0 aliphatic heterocycles. The van der Waals surface area contributed by atoms with Crippen LogP contribution in [0.2, 0.25) is 0 Å². The van der Waals surface area contributed by atoms with E-state index in [0.717, 1.165) is 29.3 Å². The summed E-state index contributed by atoms with van der Waals surface area (Å²) in [6.45, 7) is 13.5. The quantitative estimate of drug-likeness (QED) is 0.769. The molecule has 96 valence electrons. The van der Waals surface area contributed by atoms with Gasteiger partial charge in [-0.2, -0.15) is 5.10 Å². The summed E-state index contributed by atoms with van der Waals surface area (Å²) in [4.78, 5) is 0. The molecule has 0 bridgehead atoms. The van der Waals surface area contributed by atoms with Gasteiger partial charge in [0.2, 0.25) is 0 Å². The Morgan fingerprint density at radius 1 is 1.47 bits per heavy atom. The van der Waals surface area contributed by atoms with Crippen molar-refractivity contribution in [2.45, 2.75) is 33.7 Å². The average Bonchev–Trinajstić information content (AvgIpc) is 2.48. The zero-order valence-corrected chi connectivity index (χ0v) is 11.5. The Hall–Kier alpha value is -1.29. The van der Waals surface area contributed by atoms with Crippen molar-refractivity contribution >= 4 is 0 Å². The maximum Gasteiger partial charge on any atom is 0.163 e. The van der Waals surface area contributed by atoms with Crippen LogP contribution in [0.1, 0.15) is 25.2 Å². The summed E-state index contributed by atoms with van der Waals surface area (Å²) in [5.74, 6) is 0.873. The van der Waals surface area contributed by atoms with Gasteiger partial charge >= 0.3 is 0 Å². The van der Waals surface area contributed by atoms with E-state index in [0.29, 0.717) is 12.6 Å². The van der Waals surface area contributed by atoms with E-state index in [1.807, 2.05) is 25.6 Å². The van der Waals surface area contributed by atoms with Gasteiger partial charge in [0.25, 0.3) is 0 Å². The van der Waals surface area contributed by atoms with Gasteiger partial charge in [-0.05, 0) is 19.4 Å². The van der Waals surface area contributed by atoms with Crippen molar-refractivity contribution in [3.8, 4) is 5.75 Å². The minimum absolute atomic E-state index is 0.466. The van der Waals surface area contributed by atoms with Crippen molar-refractivity contribution in [1.82, 2.24) is 15.1 Å². The van der Waals surface area contributed by atoms with Gasteiger partial charge in [-0.3, -0.25) is 4.68 Å². The Balaban J connectivity index is 2.47. The van der Waals surface area contributed by atoms with Gasteiger partial charge in [0.05, 0.1) is 5.69 Å². The van der Waals surface area contributed by atoms with E-state index < -0.39 is 0 Å². The molecule has 4 nitrogen and oxygen atoms in total. The second-order valence-corrected chi connectivity index (χ2v) is 4.70.